The van der Waals surface area contributed by atoms with Crippen molar-refractivity contribution in [1.82, 2.24) is 9.97 Å². The summed E-state index contributed by atoms with van der Waals surface area (Å²) in [5.41, 5.74) is 2.16. The number of aromatic nitrogens is 2. The highest BCUT2D eigenvalue weighted by molar-refractivity contribution is 7.19. The SMILES string of the molecule is Cc1nc([NH2+]CC(=O)[O-])c2c(-c3ccccc3)c(C)sc2n1. The smallest absolute Gasteiger partial charge is 0.237 e. The minimum atomic E-state index is -1.11. The number of quaternary nitrogens is 1. The molecule has 0 fully saturated rings. The normalized spacial score (nSPS) is 11.0. The molecule has 112 valence electrons. The molecule has 0 amide bonds. The topological polar surface area (TPSA) is 82.5 Å². The van der Waals surface area contributed by atoms with E-state index in [1.54, 1.807) is 16.7 Å². The van der Waals surface area contributed by atoms with Crippen molar-refractivity contribution in [2.75, 3.05) is 6.54 Å². The number of nitrogens with zero attached hydrogens (tertiary/aromatic N) is 2. The Morgan fingerprint density at radius 3 is 2.64 bits per heavy atom. The molecular formula is C16H15N3O2S. The van der Waals surface area contributed by atoms with E-state index < -0.39 is 5.97 Å². The van der Waals surface area contributed by atoms with Crippen LogP contribution in [0.25, 0.3) is 21.3 Å². The molecule has 0 saturated carbocycles. The standard InChI is InChI=1S/C16H15N3O2S/c1-9-13(11-6-4-3-5-7-11)14-15(17-8-12(20)21)18-10(2)19-16(14)22-9/h3-7H,8H2,1-2H3,(H,20,21)(H,17,18,19). The van der Waals surface area contributed by atoms with Gasteiger partial charge in [0.15, 0.2) is 0 Å². The van der Waals surface area contributed by atoms with Gasteiger partial charge in [0.2, 0.25) is 5.82 Å². The maximum Gasteiger partial charge on any atom is 0.237 e. The Morgan fingerprint density at radius 2 is 1.95 bits per heavy atom. The first-order chi connectivity index (χ1) is 10.6. The zero-order valence-electron chi connectivity index (χ0n) is 12.3. The predicted octanol–water partition coefficient (Wildman–Crippen LogP) is 0.920. The van der Waals surface area contributed by atoms with Gasteiger partial charge in [0, 0.05) is 10.4 Å². The fraction of sp³-hybridized carbons (Fsp3) is 0.188. The van der Waals surface area contributed by atoms with Gasteiger partial charge in [-0.25, -0.2) is 4.98 Å². The fourth-order valence-electron chi connectivity index (χ4n) is 2.53. The summed E-state index contributed by atoms with van der Waals surface area (Å²) in [5.74, 6) is 0.186. The van der Waals surface area contributed by atoms with Gasteiger partial charge >= 0.3 is 0 Å². The first kappa shape index (κ1) is 14.6. The monoisotopic (exact) mass is 313 g/mol. The number of carbonyl (C=O) groups is 1. The minimum absolute atomic E-state index is 0.158. The lowest BCUT2D eigenvalue weighted by molar-refractivity contribution is -0.571. The summed E-state index contributed by atoms with van der Waals surface area (Å²) in [5, 5.41) is 13.3. The summed E-state index contributed by atoms with van der Waals surface area (Å²) in [7, 11) is 0. The van der Waals surface area contributed by atoms with Gasteiger partial charge in [0.1, 0.15) is 22.6 Å². The van der Waals surface area contributed by atoms with Crippen LogP contribution in [0.3, 0.4) is 0 Å². The van der Waals surface area contributed by atoms with E-state index in [0.29, 0.717) is 11.6 Å². The third-order valence-corrected chi connectivity index (χ3v) is 4.39. The maximum atomic E-state index is 10.8. The van der Waals surface area contributed by atoms with E-state index in [1.807, 2.05) is 44.2 Å². The van der Waals surface area contributed by atoms with Gasteiger partial charge in [-0.2, -0.15) is 4.98 Å². The fourth-order valence-corrected chi connectivity index (χ4v) is 3.63. The number of hydrogen-bond acceptors (Lipinski definition) is 5. The van der Waals surface area contributed by atoms with Crippen LogP contribution in [-0.2, 0) is 4.79 Å². The molecule has 0 saturated heterocycles. The molecule has 0 atom stereocenters. The number of carbonyl (C=O) groups excluding carboxylic acids is 1. The second-order valence-electron chi connectivity index (χ2n) is 5.02. The number of fused-ring (bicyclic) bond motifs is 1. The minimum Gasteiger partial charge on any atom is -0.544 e. The Kier molecular flexibility index (Phi) is 3.87. The van der Waals surface area contributed by atoms with Crippen LogP contribution < -0.4 is 10.4 Å². The van der Waals surface area contributed by atoms with Crippen LogP contribution in [0.4, 0.5) is 5.82 Å². The van der Waals surface area contributed by atoms with E-state index in [-0.39, 0.29) is 6.54 Å². The number of nitrogens with two attached hydrogens (primary N) is 1. The number of thiophene rings is 1. The number of benzene rings is 1. The van der Waals surface area contributed by atoms with Gasteiger partial charge in [0.05, 0.1) is 5.97 Å². The molecule has 0 spiro atoms. The Balaban J connectivity index is 2.24. The highest BCUT2D eigenvalue weighted by atomic mass is 32.1. The summed E-state index contributed by atoms with van der Waals surface area (Å²) in [6.45, 7) is 3.70. The van der Waals surface area contributed by atoms with Crippen LogP contribution in [0, 0.1) is 13.8 Å². The molecule has 0 aliphatic heterocycles. The maximum absolute atomic E-state index is 10.8. The number of hydrogen-bond donors (Lipinski definition) is 1. The lowest BCUT2D eigenvalue weighted by Gasteiger charge is -2.06. The highest BCUT2D eigenvalue weighted by Crippen LogP contribution is 2.39. The zero-order valence-corrected chi connectivity index (χ0v) is 13.1. The van der Waals surface area contributed by atoms with Crippen molar-refractivity contribution in [3.63, 3.8) is 0 Å². The highest BCUT2D eigenvalue weighted by Gasteiger charge is 2.19. The summed E-state index contributed by atoms with van der Waals surface area (Å²) in [6, 6.07) is 10.0. The lowest BCUT2D eigenvalue weighted by atomic mass is 10.0. The molecule has 3 rings (SSSR count). The average Bonchev–Trinajstić information content (AvgIpc) is 2.81. The molecule has 2 N–H and O–H groups in total. The van der Waals surface area contributed by atoms with Gasteiger partial charge < -0.3 is 9.90 Å². The average molecular weight is 313 g/mol. The molecule has 3 aromatic rings. The Labute approximate surface area is 131 Å². The molecule has 0 aliphatic carbocycles. The van der Waals surface area contributed by atoms with Crippen molar-refractivity contribution >= 4 is 33.3 Å². The van der Waals surface area contributed by atoms with Gasteiger partial charge in [-0.1, -0.05) is 30.3 Å². The van der Waals surface area contributed by atoms with Gasteiger partial charge in [-0.05, 0) is 19.4 Å². The quantitative estimate of drug-likeness (QED) is 0.776. The Bertz CT molecular complexity index is 843. The molecule has 2 heterocycles. The summed E-state index contributed by atoms with van der Waals surface area (Å²) < 4.78 is 0. The van der Waals surface area contributed by atoms with E-state index in [1.165, 1.54) is 0 Å². The number of rotatable bonds is 4. The molecule has 0 aliphatic rings. The molecule has 0 radical (unpaired) electrons. The summed E-state index contributed by atoms with van der Waals surface area (Å²) in [4.78, 5) is 21.7. The Hall–Kier alpha value is -2.31. The number of aliphatic carboxylic acids is 1. The molecule has 22 heavy (non-hydrogen) atoms. The molecule has 2 aromatic heterocycles. The second-order valence-corrected chi connectivity index (χ2v) is 6.22. The number of carboxylic acids is 1. The molecule has 0 unspecified atom stereocenters. The molecule has 5 nitrogen and oxygen atoms in total. The summed E-state index contributed by atoms with van der Waals surface area (Å²) >= 11 is 1.60. The predicted molar refractivity (Wildman–Crippen MR) is 83.8 cm³/mol. The van der Waals surface area contributed by atoms with Crippen molar-refractivity contribution in [3.05, 3.63) is 41.0 Å². The van der Waals surface area contributed by atoms with Crippen LogP contribution in [0.15, 0.2) is 30.3 Å². The van der Waals surface area contributed by atoms with Crippen molar-refractivity contribution < 1.29 is 15.2 Å². The molecule has 1 aromatic carbocycles. The molecule has 6 heteroatoms. The van der Waals surface area contributed by atoms with E-state index in [4.69, 9.17) is 0 Å². The van der Waals surface area contributed by atoms with Crippen LogP contribution in [-0.4, -0.2) is 22.5 Å². The number of carboxylic acid groups (broad SMARTS) is 1. The Morgan fingerprint density at radius 1 is 1.23 bits per heavy atom. The number of aryl methyl sites for hydroxylation is 2. The van der Waals surface area contributed by atoms with E-state index >= 15 is 0 Å². The molecule has 0 bridgehead atoms. The molecular weight excluding hydrogens is 298 g/mol. The largest absolute Gasteiger partial charge is 0.544 e. The van der Waals surface area contributed by atoms with E-state index in [2.05, 4.69) is 9.97 Å². The first-order valence-electron chi connectivity index (χ1n) is 6.92. The van der Waals surface area contributed by atoms with Crippen molar-refractivity contribution in [2.24, 2.45) is 0 Å². The van der Waals surface area contributed by atoms with E-state index in [0.717, 1.165) is 26.2 Å². The van der Waals surface area contributed by atoms with Gasteiger partial charge in [-0.15, -0.1) is 11.3 Å². The van der Waals surface area contributed by atoms with Crippen molar-refractivity contribution in [3.8, 4) is 11.1 Å². The van der Waals surface area contributed by atoms with Crippen LogP contribution >= 0.6 is 11.3 Å². The van der Waals surface area contributed by atoms with Crippen LogP contribution in [0.1, 0.15) is 10.7 Å². The third kappa shape index (κ3) is 2.70. The third-order valence-electron chi connectivity index (χ3n) is 3.39. The van der Waals surface area contributed by atoms with Crippen LogP contribution in [0.5, 0.6) is 0 Å². The van der Waals surface area contributed by atoms with Gasteiger partial charge in [-0.3, -0.25) is 5.32 Å². The lowest BCUT2D eigenvalue weighted by Crippen LogP contribution is -2.81. The second kappa shape index (κ2) is 5.82. The van der Waals surface area contributed by atoms with Crippen LogP contribution in [0.2, 0.25) is 0 Å². The van der Waals surface area contributed by atoms with Gasteiger partial charge in [0.25, 0.3) is 0 Å². The van der Waals surface area contributed by atoms with E-state index in [9.17, 15) is 9.90 Å². The van der Waals surface area contributed by atoms with Crippen molar-refractivity contribution in [2.45, 2.75) is 13.8 Å². The van der Waals surface area contributed by atoms with Crippen molar-refractivity contribution in [1.29, 1.82) is 0 Å². The first-order valence-corrected chi connectivity index (χ1v) is 7.74. The zero-order chi connectivity index (χ0) is 15.7. The summed E-state index contributed by atoms with van der Waals surface area (Å²) in [6.07, 6.45) is 0.